The highest BCUT2D eigenvalue weighted by molar-refractivity contribution is 5.33. The highest BCUT2D eigenvalue weighted by atomic mass is 16.3. The van der Waals surface area contributed by atoms with Gasteiger partial charge in [0.05, 0.1) is 6.73 Å². The lowest BCUT2D eigenvalue weighted by molar-refractivity contribution is 0.307. The van der Waals surface area contributed by atoms with Crippen LogP contribution in [-0.4, -0.2) is 26.8 Å². The Bertz CT molecular complexity index is 188. The minimum absolute atomic E-state index is 0.0417. The predicted octanol–water partition coefficient (Wildman–Crippen LogP) is -2.49. The number of nitrogens with two attached hydrogens (primary N) is 4. The van der Waals surface area contributed by atoms with Crippen LogP contribution in [0.25, 0.3) is 0 Å². The first-order valence-electron chi connectivity index (χ1n) is 2.93. The molecule has 1 aromatic rings. The number of nitrogens with zero attached hydrogens (tertiary/aromatic N) is 3. The van der Waals surface area contributed by atoms with Gasteiger partial charge in [-0.1, -0.05) is 0 Å². The van der Waals surface area contributed by atoms with Crippen molar-refractivity contribution in [3.63, 3.8) is 0 Å². The molecule has 0 amide bonds. The fourth-order valence-corrected chi connectivity index (χ4v) is 0.427. The van der Waals surface area contributed by atoms with Gasteiger partial charge in [-0.15, -0.1) is 0 Å². The molecule has 12 heavy (non-hydrogen) atoms. The van der Waals surface area contributed by atoms with Crippen LogP contribution in [0.4, 0.5) is 17.8 Å². The van der Waals surface area contributed by atoms with Gasteiger partial charge >= 0.3 is 0 Å². The lowest BCUT2D eigenvalue weighted by Gasteiger charge is -1.93. The van der Waals surface area contributed by atoms with Gasteiger partial charge in [-0.3, -0.25) is 0 Å². The molecule has 8 nitrogen and oxygen atoms in total. The van der Waals surface area contributed by atoms with E-state index in [1.165, 1.54) is 0 Å². The van der Waals surface area contributed by atoms with Crippen LogP contribution in [0.15, 0.2) is 0 Å². The van der Waals surface area contributed by atoms with Crippen molar-refractivity contribution >= 4 is 17.8 Å². The third-order valence-corrected chi connectivity index (χ3v) is 0.687. The van der Waals surface area contributed by atoms with Crippen molar-refractivity contribution in [1.82, 2.24) is 15.0 Å². The van der Waals surface area contributed by atoms with E-state index in [9.17, 15) is 0 Å². The summed E-state index contributed by atoms with van der Waals surface area (Å²) in [5.41, 5.74) is 19.8. The number of aromatic nitrogens is 3. The Morgan fingerprint density at radius 3 is 1.25 bits per heavy atom. The van der Waals surface area contributed by atoms with Gasteiger partial charge in [-0.05, 0) is 0 Å². The van der Waals surface area contributed by atoms with Gasteiger partial charge in [0.25, 0.3) is 0 Å². The van der Waals surface area contributed by atoms with Crippen molar-refractivity contribution in [1.29, 1.82) is 0 Å². The summed E-state index contributed by atoms with van der Waals surface area (Å²) in [4.78, 5) is 10.5. The molecule has 0 fully saturated rings. The van der Waals surface area contributed by atoms with E-state index in [1.54, 1.807) is 0 Å². The van der Waals surface area contributed by atoms with Crippen LogP contribution < -0.4 is 22.9 Å². The molecule has 0 radical (unpaired) electrons. The topological polar surface area (TPSA) is 163 Å². The first kappa shape index (κ1) is 10.3. The number of hydrogen-bond donors (Lipinski definition) is 5. The number of rotatable bonds is 0. The molecule has 0 saturated heterocycles. The van der Waals surface area contributed by atoms with Crippen LogP contribution in [0, 0.1) is 0 Å². The zero-order chi connectivity index (χ0) is 9.56. The summed E-state index contributed by atoms with van der Waals surface area (Å²) < 4.78 is 0. The molecule has 0 aliphatic heterocycles. The van der Waals surface area contributed by atoms with Gasteiger partial charge < -0.3 is 28.0 Å². The normalized spacial score (nSPS) is 8.50. The summed E-state index contributed by atoms with van der Waals surface area (Å²) in [6.45, 7) is -0.250. The summed E-state index contributed by atoms with van der Waals surface area (Å²) in [6.07, 6.45) is 0. The van der Waals surface area contributed by atoms with Crippen LogP contribution in [0.3, 0.4) is 0 Å². The van der Waals surface area contributed by atoms with E-state index < -0.39 is 0 Å². The lowest BCUT2D eigenvalue weighted by Crippen LogP contribution is -2.05. The maximum absolute atomic E-state index is 7.35. The van der Waals surface area contributed by atoms with E-state index in [0.29, 0.717) is 0 Å². The zero-order valence-corrected chi connectivity index (χ0v) is 6.31. The highest BCUT2D eigenvalue weighted by Crippen LogP contribution is 1.97. The molecular formula is C4H11N7O. The number of aliphatic hydroxyl groups excluding tert-OH is 1. The van der Waals surface area contributed by atoms with E-state index in [-0.39, 0.29) is 24.6 Å². The standard InChI is InChI=1S/C3H6N6.CH5NO/c4-1-7-2(5)9-3(6)8-1;2-1-3/h(H6,4,5,6,7,8,9);3H,1-2H2. The summed E-state index contributed by atoms with van der Waals surface area (Å²) in [7, 11) is 0. The molecule has 1 rings (SSSR count). The van der Waals surface area contributed by atoms with Crippen molar-refractivity contribution in [2.75, 3.05) is 23.9 Å². The van der Waals surface area contributed by atoms with Crippen molar-refractivity contribution in [2.24, 2.45) is 5.73 Å². The third kappa shape index (κ3) is 4.19. The maximum Gasteiger partial charge on any atom is 0.226 e. The second-order valence-corrected chi connectivity index (χ2v) is 1.59. The first-order valence-corrected chi connectivity index (χ1v) is 2.93. The largest absolute Gasteiger partial charge is 0.382 e. The molecular weight excluding hydrogens is 162 g/mol. The van der Waals surface area contributed by atoms with Crippen LogP contribution in [0.2, 0.25) is 0 Å². The first-order chi connectivity index (χ1) is 5.60. The Kier molecular flexibility index (Phi) is 4.34. The van der Waals surface area contributed by atoms with Gasteiger partial charge in [0.15, 0.2) is 0 Å². The van der Waals surface area contributed by atoms with Crippen LogP contribution in [-0.2, 0) is 0 Å². The Labute approximate surface area is 68.6 Å². The zero-order valence-electron chi connectivity index (χ0n) is 6.31. The van der Waals surface area contributed by atoms with Gasteiger partial charge in [-0.25, -0.2) is 0 Å². The molecule has 0 aliphatic rings. The molecule has 0 spiro atoms. The highest BCUT2D eigenvalue weighted by Gasteiger charge is 1.93. The molecule has 1 aromatic heterocycles. The molecule has 0 aliphatic carbocycles. The van der Waals surface area contributed by atoms with Crippen LogP contribution in [0.1, 0.15) is 0 Å². The number of hydrogen-bond acceptors (Lipinski definition) is 8. The Morgan fingerprint density at radius 1 is 0.917 bits per heavy atom. The predicted molar refractivity (Wildman–Crippen MR) is 44.3 cm³/mol. The monoisotopic (exact) mass is 173 g/mol. The van der Waals surface area contributed by atoms with Crippen LogP contribution >= 0.6 is 0 Å². The SMILES string of the molecule is NCO.Nc1nc(N)nc(N)n1. The fraction of sp³-hybridized carbons (Fsp3) is 0.250. The molecule has 0 aromatic carbocycles. The van der Waals surface area contributed by atoms with Gasteiger partial charge in [0.2, 0.25) is 17.8 Å². The van der Waals surface area contributed by atoms with E-state index in [1.807, 2.05) is 0 Å². The van der Waals surface area contributed by atoms with E-state index in [4.69, 9.17) is 22.3 Å². The Morgan fingerprint density at radius 2 is 1.08 bits per heavy atom. The number of nitrogen functional groups attached to an aromatic ring is 3. The summed E-state index contributed by atoms with van der Waals surface area (Å²) in [6, 6.07) is 0. The minimum Gasteiger partial charge on any atom is -0.382 e. The smallest absolute Gasteiger partial charge is 0.226 e. The summed E-state index contributed by atoms with van der Waals surface area (Å²) >= 11 is 0. The lowest BCUT2D eigenvalue weighted by atomic mass is 10.9. The maximum atomic E-state index is 7.35. The molecule has 0 bridgehead atoms. The van der Waals surface area contributed by atoms with Crippen molar-refractivity contribution in [3.8, 4) is 0 Å². The minimum atomic E-state index is -0.250. The fourth-order valence-electron chi connectivity index (χ4n) is 0.427. The van der Waals surface area contributed by atoms with E-state index in [2.05, 4.69) is 20.7 Å². The molecule has 0 atom stereocenters. The number of anilines is 3. The molecule has 0 unspecified atom stereocenters. The molecule has 9 N–H and O–H groups in total. The second kappa shape index (κ2) is 5.04. The molecule has 0 saturated carbocycles. The van der Waals surface area contributed by atoms with Crippen molar-refractivity contribution < 1.29 is 5.11 Å². The van der Waals surface area contributed by atoms with Crippen LogP contribution in [0.5, 0.6) is 0 Å². The number of aliphatic hydroxyl groups is 1. The van der Waals surface area contributed by atoms with Crippen molar-refractivity contribution in [2.45, 2.75) is 0 Å². The average molecular weight is 173 g/mol. The Balaban J connectivity index is 0.000000354. The van der Waals surface area contributed by atoms with E-state index >= 15 is 0 Å². The molecule has 1 heterocycles. The third-order valence-electron chi connectivity index (χ3n) is 0.687. The summed E-state index contributed by atoms with van der Waals surface area (Å²) in [5.74, 6) is 0.125. The van der Waals surface area contributed by atoms with E-state index in [0.717, 1.165) is 0 Å². The molecule has 68 valence electrons. The van der Waals surface area contributed by atoms with Gasteiger partial charge in [0.1, 0.15) is 0 Å². The second-order valence-electron chi connectivity index (χ2n) is 1.59. The van der Waals surface area contributed by atoms with Gasteiger partial charge in [-0.2, -0.15) is 15.0 Å². The average Bonchev–Trinajstić information content (AvgIpc) is 1.84. The van der Waals surface area contributed by atoms with Crippen molar-refractivity contribution in [3.05, 3.63) is 0 Å². The Hall–Kier alpha value is -1.67. The molecule has 8 heteroatoms. The summed E-state index contributed by atoms with van der Waals surface area (Å²) in [5, 5.41) is 7.35. The quantitative estimate of drug-likeness (QED) is 0.269. The van der Waals surface area contributed by atoms with Gasteiger partial charge in [0, 0.05) is 0 Å².